The van der Waals surface area contributed by atoms with Crippen LogP contribution in [0.1, 0.15) is 18.0 Å². The number of nitrogens with one attached hydrogen (secondary N) is 1. The molecule has 2 aromatic heterocycles. The fraction of sp³-hybridized carbons (Fsp3) is 0.583. The third kappa shape index (κ3) is 3.63. The van der Waals surface area contributed by atoms with E-state index in [9.17, 15) is 0 Å². The molecule has 1 fully saturated rings. The van der Waals surface area contributed by atoms with Gasteiger partial charge in [-0.2, -0.15) is 4.98 Å². The predicted molar refractivity (Wildman–Crippen MR) is 82.6 cm³/mol. The van der Waals surface area contributed by atoms with Crippen LogP contribution in [0.15, 0.2) is 11.2 Å². The molecule has 2 aromatic rings. The molecular formula is C12H18N8OS. The lowest BCUT2D eigenvalue weighted by atomic mass is 10.0. The van der Waals surface area contributed by atoms with Crippen molar-refractivity contribution in [2.24, 2.45) is 7.05 Å². The number of aryl methyl sites for hydroxylation is 1. The first-order valence-electron chi connectivity index (χ1n) is 7.03. The number of rotatable bonds is 6. The van der Waals surface area contributed by atoms with Gasteiger partial charge in [0, 0.05) is 37.9 Å². The van der Waals surface area contributed by atoms with E-state index in [1.807, 2.05) is 13.1 Å². The molecule has 10 heteroatoms. The van der Waals surface area contributed by atoms with Crippen molar-refractivity contribution in [2.75, 3.05) is 36.6 Å². The smallest absolute Gasteiger partial charge is 0.222 e. The Balaban J connectivity index is 1.54. The second-order valence-electron chi connectivity index (χ2n) is 4.96. The summed E-state index contributed by atoms with van der Waals surface area (Å²) in [5.74, 6) is 2.16. The number of thioether (sulfide) groups is 1. The van der Waals surface area contributed by atoms with Gasteiger partial charge in [-0.1, -0.05) is 11.8 Å². The van der Waals surface area contributed by atoms with Crippen molar-refractivity contribution in [1.29, 1.82) is 0 Å². The summed E-state index contributed by atoms with van der Waals surface area (Å²) in [6.07, 6.45) is 0.977. The first-order chi connectivity index (χ1) is 10.7. The Morgan fingerprint density at radius 3 is 3.14 bits per heavy atom. The van der Waals surface area contributed by atoms with Crippen LogP contribution in [0.4, 0.5) is 11.8 Å². The molecule has 0 amide bonds. The highest BCUT2D eigenvalue weighted by molar-refractivity contribution is 7.99. The molecular weight excluding hydrogens is 304 g/mol. The van der Waals surface area contributed by atoms with Gasteiger partial charge in [0.15, 0.2) is 0 Å². The molecule has 0 bridgehead atoms. The second-order valence-corrected chi connectivity index (χ2v) is 6.02. The van der Waals surface area contributed by atoms with Crippen LogP contribution in [0.3, 0.4) is 0 Å². The first-order valence-corrected chi connectivity index (χ1v) is 8.02. The maximum absolute atomic E-state index is 5.79. The van der Waals surface area contributed by atoms with Crippen molar-refractivity contribution in [3.63, 3.8) is 0 Å². The summed E-state index contributed by atoms with van der Waals surface area (Å²) in [5, 5.41) is 15.3. The number of hydrogen-bond donors (Lipinski definition) is 2. The maximum Gasteiger partial charge on any atom is 0.222 e. The fourth-order valence-electron chi connectivity index (χ4n) is 2.22. The number of hydrogen-bond acceptors (Lipinski definition) is 9. The van der Waals surface area contributed by atoms with Gasteiger partial charge in [-0.15, -0.1) is 5.10 Å². The van der Waals surface area contributed by atoms with E-state index in [2.05, 4.69) is 30.8 Å². The number of tetrazole rings is 1. The number of ether oxygens (including phenoxy) is 1. The van der Waals surface area contributed by atoms with Crippen LogP contribution in [0.25, 0.3) is 0 Å². The average molecular weight is 322 g/mol. The first kappa shape index (κ1) is 15.0. The molecule has 3 rings (SSSR count). The molecule has 3 heterocycles. The fourth-order valence-corrected chi connectivity index (χ4v) is 2.92. The molecule has 0 saturated carbocycles. The van der Waals surface area contributed by atoms with Gasteiger partial charge in [-0.25, -0.2) is 9.67 Å². The van der Waals surface area contributed by atoms with Crippen LogP contribution in [-0.2, 0) is 11.8 Å². The van der Waals surface area contributed by atoms with E-state index in [1.54, 1.807) is 16.4 Å². The summed E-state index contributed by atoms with van der Waals surface area (Å²) in [6, 6.07) is 1.95. The van der Waals surface area contributed by atoms with Crippen molar-refractivity contribution in [3.05, 3.63) is 11.8 Å². The molecule has 118 valence electrons. The molecule has 0 aliphatic carbocycles. The zero-order chi connectivity index (χ0) is 15.4. The van der Waals surface area contributed by atoms with E-state index in [1.165, 1.54) is 0 Å². The van der Waals surface area contributed by atoms with Gasteiger partial charge in [0.2, 0.25) is 11.1 Å². The number of anilines is 2. The van der Waals surface area contributed by atoms with Gasteiger partial charge in [0.05, 0.1) is 12.3 Å². The van der Waals surface area contributed by atoms with Gasteiger partial charge in [0.25, 0.3) is 0 Å². The van der Waals surface area contributed by atoms with E-state index in [0.29, 0.717) is 12.5 Å². The molecule has 22 heavy (non-hydrogen) atoms. The van der Waals surface area contributed by atoms with Crippen molar-refractivity contribution >= 4 is 23.5 Å². The summed E-state index contributed by atoms with van der Waals surface area (Å²) in [6.45, 7) is 2.21. The Bertz CT molecular complexity index is 627. The van der Waals surface area contributed by atoms with E-state index >= 15 is 0 Å². The van der Waals surface area contributed by atoms with Crippen LogP contribution in [0, 0.1) is 0 Å². The largest absolute Gasteiger partial charge is 0.381 e. The summed E-state index contributed by atoms with van der Waals surface area (Å²) in [4.78, 5) is 8.53. The Hall–Kier alpha value is -1.94. The third-order valence-corrected chi connectivity index (χ3v) is 4.34. The van der Waals surface area contributed by atoms with E-state index in [4.69, 9.17) is 10.5 Å². The molecule has 9 nitrogen and oxygen atoms in total. The van der Waals surface area contributed by atoms with E-state index in [-0.39, 0.29) is 5.95 Å². The lowest BCUT2D eigenvalue weighted by Gasteiger charge is -2.11. The quantitative estimate of drug-likeness (QED) is 0.571. The Morgan fingerprint density at radius 2 is 2.41 bits per heavy atom. The SMILES string of the molecule is Cn1nnnc1SCCNc1cc([C@H]2CCOC2)nc(N)n1. The van der Waals surface area contributed by atoms with Gasteiger partial charge in [0.1, 0.15) is 5.82 Å². The molecule has 0 radical (unpaired) electrons. The summed E-state index contributed by atoms with van der Waals surface area (Å²) < 4.78 is 7.04. The minimum Gasteiger partial charge on any atom is -0.381 e. The Labute approximate surface area is 132 Å². The third-order valence-electron chi connectivity index (χ3n) is 3.33. The second kappa shape index (κ2) is 6.88. The van der Waals surface area contributed by atoms with Crippen molar-refractivity contribution in [1.82, 2.24) is 30.2 Å². The summed E-state index contributed by atoms with van der Waals surface area (Å²) in [7, 11) is 1.82. The Morgan fingerprint density at radius 1 is 1.50 bits per heavy atom. The summed E-state index contributed by atoms with van der Waals surface area (Å²) >= 11 is 1.58. The molecule has 1 atom stereocenters. The maximum atomic E-state index is 5.79. The highest BCUT2D eigenvalue weighted by atomic mass is 32.2. The van der Waals surface area contributed by atoms with Crippen LogP contribution in [-0.4, -0.2) is 55.7 Å². The molecule has 1 aliphatic heterocycles. The monoisotopic (exact) mass is 322 g/mol. The minimum atomic E-state index is 0.289. The normalized spacial score (nSPS) is 17.8. The molecule has 1 saturated heterocycles. The van der Waals surface area contributed by atoms with Gasteiger partial charge in [-0.05, 0) is 16.8 Å². The zero-order valence-corrected chi connectivity index (χ0v) is 13.1. The van der Waals surface area contributed by atoms with Gasteiger partial charge < -0.3 is 15.8 Å². The topological polar surface area (TPSA) is 117 Å². The van der Waals surface area contributed by atoms with Crippen molar-refractivity contribution in [2.45, 2.75) is 17.5 Å². The molecule has 1 aliphatic rings. The number of nitrogen functional groups attached to an aromatic ring is 1. The lowest BCUT2D eigenvalue weighted by molar-refractivity contribution is 0.193. The molecule has 0 aromatic carbocycles. The standard InChI is InChI=1S/C12H18N8OS/c1-20-12(17-18-19-20)22-5-3-14-10-6-9(15-11(13)16-10)8-2-4-21-7-8/h6,8H,2-5,7H2,1H3,(H3,13,14,15,16)/t8-/m0/s1. The molecule has 0 unspecified atom stereocenters. The molecule has 0 spiro atoms. The van der Waals surface area contributed by atoms with Crippen LogP contribution >= 0.6 is 11.8 Å². The molecule has 3 N–H and O–H groups in total. The van der Waals surface area contributed by atoms with Crippen LogP contribution in [0.2, 0.25) is 0 Å². The number of aromatic nitrogens is 6. The van der Waals surface area contributed by atoms with E-state index < -0.39 is 0 Å². The van der Waals surface area contributed by atoms with Gasteiger partial charge in [-0.3, -0.25) is 0 Å². The average Bonchev–Trinajstić information content (AvgIpc) is 3.15. The highest BCUT2D eigenvalue weighted by Crippen LogP contribution is 2.25. The number of nitrogens with zero attached hydrogens (tertiary/aromatic N) is 6. The van der Waals surface area contributed by atoms with Gasteiger partial charge >= 0.3 is 0 Å². The Kier molecular flexibility index (Phi) is 4.68. The van der Waals surface area contributed by atoms with Crippen LogP contribution in [0.5, 0.6) is 0 Å². The van der Waals surface area contributed by atoms with Crippen LogP contribution < -0.4 is 11.1 Å². The lowest BCUT2D eigenvalue weighted by Crippen LogP contribution is -2.11. The zero-order valence-electron chi connectivity index (χ0n) is 12.3. The summed E-state index contributed by atoms with van der Waals surface area (Å²) in [5.41, 5.74) is 6.73. The predicted octanol–water partition coefficient (Wildman–Crippen LogP) is 0.290. The number of nitrogens with two attached hydrogens (primary N) is 1. The van der Waals surface area contributed by atoms with Crippen molar-refractivity contribution < 1.29 is 4.74 Å². The van der Waals surface area contributed by atoms with Crippen molar-refractivity contribution in [3.8, 4) is 0 Å². The van der Waals surface area contributed by atoms with E-state index in [0.717, 1.165) is 42.0 Å². The minimum absolute atomic E-state index is 0.289. The highest BCUT2D eigenvalue weighted by Gasteiger charge is 2.20.